The molecule has 0 heterocycles. The fourth-order valence-corrected chi connectivity index (χ4v) is 2.17. The Balaban J connectivity index is 3.45. The molecule has 0 saturated heterocycles. The SMILES string of the molecule is CC(C)(C)OC(=O)N(C(=O)OC(C)(C)C)c1cc(C(F)(F)F)ccc1Br. The third-order valence-electron chi connectivity index (χ3n) is 2.67. The van der Waals surface area contributed by atoms with Gasteiger partial charge in [-0.2, -0.15) is 18.1 Å². The minimum absolute atomic E-state index is 0.0993. The van der Waals surface area contributed by atoms with Crippen molar-refractivity contribution in [3.05, 3.63) is 28.2 Å². The predicted octanol–water partition coefficient (Wildman–Crippen LogP) is 6.14. The topological polar surface area (TPSA) is 55.8 Å². The molecular weight excluding hydrogens is 419 g/mol. The van der Waals surface area contributed by atoms with E-state index in [1.54, 1.807) is 41.5 Å². The van der Waals surface area contributed by atoms with Gasteiger partial charge in [0.25, 0.3) is 0 Å². The Kier molecular flexibility index (Phi) is 6.39. The van der Waals surface area contributed by atoms with Gasteiger partial charge in [-0.05, 0) is 75.7 Å². The average Bonchev–Trinajstić information content (AvgIpc) is 2.35. The standard InChI is InChI=1S/C17H21BrF3NO4/c1-15(2,3)25-13(23)22(14(24)26-16(4,5)6)12-9-10(17(19,20)21)7-8-11(12)18/h7-9H,1-6H3. The van der Waals surface area contributed by atoms with Crippen molar-refractivity contribution in [2.24, 2.45) is 0 Å². The molecule has 0 spiro atoms. The van der Waals surface area contributed by atoms with Crippen LogP contribution in [0.3, 0.4) is 0 Å². The highest BCUT2D eigenvalue weighted by Crippen LogP contribution is 2.36. The molecule has 0 radical (unpaired) electrons. The second-order valence-electron chi connectivity index (χ2n) is 7.46. The summed E-state index contributed by atoms with van der Waals surface area (Å²) >= 11 is 3.07. The van der Waals surface area contributed by atoms with Gasteiger partial charge in [-0.25, -0.2) is 9.59 Å². The molecule has 1 aromatic rings. The maximum absolute atomic E-state index is 13.0. The molecular formula is C17H21BrF3NO4. The van der Waals surface area contributed by atoms with Crippen LogP contribution in [0.1, 0.15) is 47.1 Å². The number of carbonyl (C=O) groups excluding carboxylic acids is 2. The second-order valence-corrected chi connectivity index (χ2v) is 8.31. The number of rotatable bonds is 1. The van der Waals surface area contributed by atoms with Crippen LogP contribution in [0, 0.1) is 0 Å². The second kappa shape index (κ2) is 7.46. The van der Waals surface area contributed by atoms with Gasteiger partial charge < -0.3 is 9.47 Å². The third kappa shape index (κ3) is 6.51. The molecule has 1 rings (SSSR count). The van der Waals surface area contributed by atoms with Crippen molar-refractivity contribution in [3.8, 4) is 0 Å². The van der Waals surface area contributed by atoms with E-state index in [0.29, 0.717) is 11.0 Å². The van der Waals surface area contributed by atoms with Crippen molar-refractivity contribution in [3.63, 3.8) is 0 Å². The number of amides is 2. The van der Waals surface area contributed by atoms with Crippen molar-refractivity contribution < 1.29 is 32.2 Å². The summed E-state index contributed by atoms with van der Waals surface area (Å²) in [5.74, 6) is 0. The Morgan fingerprint density at radius 3 is 1.69 bits per heavy atom. The first-order valence-electron chi connectivity index (χ1n) is 7.64. The number of nitrogens with zero attached hydrogens (tertiary/aromatic N) is 1. The molecule has 0 fully saturated rings. The Morgan fingerprint density at radius 2 is 1.35 bits per heavy atom. The summed E-state index contributed by atoms with van der Waals surface area (Å²) in [7, 11) is 0. The van der Waals surface area contributed by atoms with Gasteiger partial charge in [-0.1, -0.05) is 0 Å². The van der Waals surface area contributed by atoms with E-state index in [2.05, 4.69) is 15.9 Å². The highest BCUT2D eigenvalue weighted by molar-refractivity contribution is 9.10. The van der Waals surface area contributed by atoms with Crippen LogP contribution in [0.2, 0.25) is 0 Å². The summed E-state index contributed by atoms with van der Waals surface area (Å²) in [5.41, 5.74) is -3.28. The smallest absolute Gasteiger partial charge is 0.424 e. The molecule has 0 aliphatic rings. The van der Waals surface area contributed by atoms with E-state index in [4.69, 9.17) is 9.47 Å². The van der Waals surface area contributed by atoms with E-state index in [1.807, 2.05) is 0 Å². The molecule has 0 bridgehead atoms. The zero-order valence-electron chi connectivity index (χ0n) is 15.3. The number of ether oxygens (including phenoxy) is 2. The van der Waals surface area contributed by atoms with Crippen LogP contribution in [0.15, 0.2) is 22.7 Å². The number of hydrogen-bond donors (Lipinski definition) is 0. The Labute approximate surface area is 158 Å². The van der Waals surface area contributed by atoms with Gasteiger partial charge in [0.05, 0.1) is 11.3 Å². The summed E-state index contributed by atoms with van der Waals surface area (Å²) in [5, 5.41) is 0. The van der Waals surface area contributed by atoms with Gasteiger partial charge in [-0.15, -0.1) is 0 Å². The van der Waals surface area contributed by atoms with Crippen LogP contribution in [0.4, 0.5) is 28.4 Å². The number of imide groups is 1. The highest BCUT2D eigenvalue weighted by Gasteiger charge is 2.37. The Hall–Kier alpha value is -1.77. The van der Waals surface area contributed by atoms with Crippen LogP contribution in [-0.4, -0.2) is 23.4 Å². The molecule has 1 aromatic carbocycles. The van der Waals surface area contributed by atoms with E-state index in [-0.39, 0.29) is 10.2 Å². The first-order chi connectivity index (χ1) is 11.5. The summed E-state index contributed by atoms with van der Waals surface area (Å²) < 4.78 is 49.5. The lowest BCUT2D eigenvalue weighted by molar-refractivity contribution is -0.137. The maximum atomic E-state index is 13.0. The quantitative estimate of drug-likeness (QED) is 0.526. The van der Waals surface area contributed by atoms with E-state index in [9.17, 15) is 22.8 Å². The van der Waals surface area contributed by atoms with E-state index in [0.717, 1.165) is 12.1 Å². The third-order valence-corrected chi connectivity index (χ3v) is 3.34. The van der Waals surface area contributed by atoms with Crippen molar-refractivity contribution in [1.29, 1.82) is 0 Å². The molecule has 0 N–H and O–H groups in total. The molecule has 0 unspecified atom stereocenters. The number of alkyl halides is 3. The number of carbonyl (C=O) groups is 2. The van der Waals surface area contributed by atoms with Crippen LogP contribution >= 0.6 is 15.9 Å². The average molecular weight is 440 g/mol. The molecule has 0 aromatic heterocycles. The van der Waals surface area contributed by atoms with Gasteiger partial charge in [0.1, 0.15) is 11.2 Å². The fourth-order valence-electron chi connectivity index (χ4n) is 1.75. The Bertz CT molecular complexity index is 663. The molecule has 0 aliphatic carbocycles. The Morgan fingerprint density at radius 1 is 0.923 bits per heavy atom. The summed E-state index contributed by atoms with van der Waals surface area (Å²) in [6, 6.07) is 2.60. The lowest BCUT2D eigenvalue weighted by Gasteiger charge is -2.29. The summed E-state index contributed by atoms with van der Waals surface area (Å²) in [6.07, 6.45) is -6.94. The first kappa shape index (κ1) is 22.3. The van der Waals surface area contributed by atoms with Crippen LogP contribution in [0.5, 0.6) is 0 Å². The molecule has 9 heteroatoms. The summed E-state index contributed by atoms with van der Waals surface area (Å²) in [6.45, 7) is 9.41. The number of anilines is 1. The van der Waals surface area contributed by atoms with Crippen LogP contribution in [-0.2, 0) is 15.7 Å². The lowest BCUT2D eigenvalue weighted by Crippen LogP contribution is -2.44. The maximum Gasteiger partial charge on any atom is 0.424 e. The fraction of sp³-hybridized carbons (Fsp3) is 0.529. The van der Waals surface area contributed by atoms with Gasteiger partial charge in [-0.3, -0.25) is 0 Å². The molecule has 0 atom stereocenters. The van der Waals surface area contributed by atoms with Crippen LogP contribution in [0.25, 0.3) is 0 Å². The van der Waals surface area contributed by atoms with Crippen molar-refractivity contribution in [2.45, 2.75) is 58.9 Å². The minimum atomic E-state index is -4.65. The highest BCUT2D eigenvalue weighted by atomic mass is 79.9. The number of halogens is 4. The van der Waals surface area contributed by atoms with E-state index in [1.165, 1.54) is 0 Å². The zero-order chi connectivity index (χ0) is 20.5. The van der Waals surface area contributed by atoms with Crippen LogP contribution < -0.4 is 4.90 Å². The largest absolute Gasteiger partial charge is 0.443 e. The number of benzene rings is 1. The van der Waals surface area contributed by atoms with Gasteiger partial charge in [0, 0.05) is 4.47 Å². The molecule has 5 nitrogen and oxygen atoms in total. The molecule has 2 amide bonds. The molecule has 0 saturated carbocycles. The molecule has 26 heavy (non-hydrogen) atoms. The lowest BCUT2D eigenvalue weighted by atomic mass is 10.1. The van der Waals surface area contributed by atoms with Gasteiger partial charge in [0.2, 0.25) is 0 Å². The van der Waals surface area contributed by atoms with Crippen molar-refractivity contribution in [2.75, 3.05) is 4.90 Å². The van der Waals surface area contributed by atoms with E-state index < -0.39 is 35.1 Å². The van der Waals surface area contributed by atoms with Gasteiger partial charge in [0.15, 0.2) is 0 Å². The normalized spacial score (nSPS) is 12.5. The predicted molar refractivity (Wildman–Crippen MR) is 94.1 cm³/mol. The summed E-state index contributed by atoms with van der Waals surface area (Å²) in [4.78, 5) is 25.4. The zero-order valence-corrected chi connectivity index (χ0v) is 16.9. The molecule has 0 aliphatic heterocycles. The number of hydrogen-bond acceptors (Lipinski definition) is 4. The first-order valence-corrected chi connectivity index (χ1v) is 8.43. The van der Waals surface area contributed by atoms with Gasteiger partial charge >= 0.3 is 18.4 Å². The minimum Gasteiger partial charge on any atom is -0.443 e. The monoisotopic (exact) mass is 439 g/mol. The van der Waals surface area contributed by atoms with E-state index >= 15 is 0 Å². The van der Waals surface area contributed by atoms with Crippen molar-refractivity contribution >= 4 is 33.8 Å². The molecule has 146 valence electrons. The van der Waals surface area contributed by atoms with Crippen molar-refractivity contribution in [1.82, 2.24) is 0 Å².